The van der Waals surface area contributed by atoms with Crippen molar-refractivity contribution in [2.45, 2.75) is 6.18 Å². The Morgan fingerprint density at radius 2 is 1.85 bits per heavy atom. The van der Waals surface area contributed by atoms with E-state index < -0.39 is 29.5 Å². The number of hydrogen-bond acceptors (Lipinski definition) is 3. The Balaban J connectivity index is 4.00. The van der Waals surface area contributed by atoms with Crippen LogP contribution in [0.4, 0.5) is 13.2 Å². The van der Waals surface area contributed by atoms with Crippen molar-refractivity contribution in [2.75, 3.05) is 13.1 Å². The minimum atomic E-state index is -4.61. The first-order valence-electron chi connectivity index (χ1n) is 2.95. The van der Waals surface area contributed by atoms with Gasteiger partial charge >= 0.3 is 6.18 Å². The zero-order valence-electron chi connectivity index (χ0n) is 6.22. The minimum absolute atomic E-state index is 0.576. The molecule has 0 aliphatic carbocycles. The highest BCUT2D eigenvalue weighted by molar-refractivity contribution is 7.87. The molecule has 0 aliphatic rings. The van der Waals surface area contributed by atoms with Crippen LogP contribution >= 0.6 is 0 Å². The summed E-state index contributed by atoms with van der Waals surface area (Å²) in [5.41, 5.74) is 0. The third-order valence-corrected chi connectivity index (χ3v) is 1.85. The molecule has 13 heavy (non-hydrogen) atoms. The van der Waals surface area contributed by atoms with Crippen LogP contribution in [0.3, 0.4) is 0 Å². The molecule has 0 radical (unpaired) electrons. The molecule has 0 aromatic heterocycles. The first kappa shape index (κ1) is 12.2. The van der Waals surface area contributed by atoms with Crippen LogP contribution in [-0.2, 0) is 10.2 Å². The van der Waals surface area contributed by atoms with Crippen molar-refractivity contribution in [2.24, 2.45) is 0 Å². The van der Waals surface area contributed by atoms with E-state index in [0.29, 0.717) is 0 Å². The molecule has 5 nitrogen and oxygen atoms in total. The zero-order valence-corrected chi connectivity index (χ0v) is 7.04. The number of halogens is 3. The van der Waals surface area contributed by atoms with Gasteiger partial charge in [-0.05, 0) is 0 Å². The largest absolute Gasteiger partial charge is 0.402 e. The number of hydrogen-bond donors (Lipinski definition) is 2. The van der Waals surface area contributed by atoms with Gasteiger partial charge in [-0.25, -0.2) is 0 Å². The van der Waals surface area contributed by atoms with E-state index in [2.05, 4.69) is 0 Å². The second-order valence-corrected chi connectivity index (χ2v) is 3.50. The molecule has 0 unspecified atom stereocenters. The first-order valence-corrected chi connectivity index (χ1v) is 4.43. The molecule has 0 atom stereocenters. The van der Waals surface area contributed by atoms with Gasteiger partial charge in [0.2, 0.25) is 0 Å². The molecule has 0 saturated heterocycles. The normalized spacial score (nSPS) is 12.5. The topological polar surface area (TPSA) is 82.0 Å². The molecule has 0 aromatic carbocycles. The fraction of sp³-hybridized carbons (Fsp3) is 0.750. The summed E-state index contributed by atoms with van der Waals surface area (Å²) in [6, 6.07) is 1.41. The van der Waals surface area contributed by atoms with Crippen LogP contribution in [0.25, 0.3) is 0 Å². The van der Waals surface area contributed by atoms with Gasteiger partial charge in [0.15, 0.2) is 0 Å². The molecule has 2 N–H and O–H groups in total. The maximum absolute atomic E-state index is 11.5. The molecule has 0 aromatic rings. The van der Waals surface area contributed by atoms with Gasteiger partial charge in [-0.2, -0.15) is 36.3 Å². The van der Waals surface area contributed by atoms with Gasteiger partial charge in [-0.1, -0.05) is 0 Å². The Morgan fingerprint density at radius 1 is 1.31 bits per heavy atom. The highest BCUT2D eigenvalue weighted by atomic mass is 32.2. The van der Waals surface area contributed by atoms with Crippen LogP contribution < -0.4 is 9.44 Å². The average molecular weight is 217 g/mol. The molecule has 0 fully saturated rings. The third-order valence-electron chi connectivity index (χ3n) is 0.804. The van der Waals surface area contributed by atoms with E-state index in [1.165, 1.54) is 10.8 Å². The minimum Gasteiger partial charge on any atom is -0.197 e. The summed E-state index contributed by atoms with van der Waals surface area (Å²) in [7, 11) is -4.22. The lowest BCUT2D eigenvalue weighted by molar-refractivity contribution is -0.121. The van der Waals surface area contributed by atoms with Crippen molar-refractivity contribution in [3.8, 4) is 6.07 Å². The van der Waals surface area contributed by atoms with Crippen LogP contribution in [0.5, 0.6) is 0 Å². The molecule has 0 aliphatic heterocycles. The number of rotatable bonds is 4. The van der Waals surface area contributed by atoms with Crippen molar-refractivity contribution in [3.05, 3.63) is 0 Å². The summed E-state index contributed by atoms with van der Waals surface area (Å²) in [5, 5.41) is 7.93. The predicted octanol–water partition coefficient (Wildman–Crippen LogP) is -0.504. The Hall–Kier alpha value is -0.850. The second-order valence-electron chi connectivity index (χ2n) is 1.92. The van der Waals surface area contributed by atoms with Gasteiger partial charge in [0.1, 0.15) is 6.54 Å². The van der Waals surface area contributed by atoms with E-state index in [0.717, 1.165) is 0 Å². The van der Waals surface area contributed by atoms with E-state index >= 15 is 0 Å². The molecule has 0 heterocycles. The predicted molar refractivity (Wildman–Crippen MR) is 36.6 cm³/mol. The van der Waals surface area contributed by atoms with Crippen LogP contribution in [0.2, 0.25) is 0 Å². The van der Waals surface area contributed by atoms with E-state index in [4.69, 9.17) is 5.26 Å². The SMILES string of the molecule is N#CCNS(=O)(=O)NCC(F)(F)F. The van der Waals surface area contributed by atoms with E-state index in [9.17, 15) is 21.6 Å². The fourth-order valence-electron chi connectivity index (χ4n) is 0.355. The average Bonchev–Trinajstić information content (AvgIpc) is 1.97. The van der Waals surface area contributed by atoms with Crippen molar-refractivity contribution in [1.29, 1.82) is 5.26 Å². The molecule has 0 spiro atoms. The van der Waals surface area contributed by atoms with Gasteiger partial charge in [0.05, 0.1) is 12.6 Å². The van der Waals surface area contributed by atoms with Crippen LogP contribution in [-0.4, -0.2) is 27.7 Å². The summed E-state index contributed by atoms with van der Waals surface area (Å²) in [6.07, 6.45) is -4.61. The van der Waals surface area contributed by atoms with Crippen molar-refractivity contribution < 1.29 is 21.6 Å². The summed E-state index contributed by atoms with van der Waals surface area (Å²) < 4.78 is 58.4. The van der Waals surface area contributed by atoms with Crippen molar-refractivity contribution in [3.63, 3.8) is 0 Å². The number of nitrogens with zero attached hydrogens (tertiary/aromatic N) is 1. The molecule has 0 bridgehead atoms. The van der Waals surface area contributed by atoms with Gasteiger partial charge in [-0.3, -0.25) is 0 Å². The van der Waals surface area contributed by atoms with Crippen LogP contribution in [0.1, 0.15) is 0 Å². The monoisotopic (exact) mass is 217 g/mol. The highest BCUT2D eigenvalue weighted by Gasteiger charge is 2.29. The second kappa shape index (κ2) is 4.40. The molecule has 0 saturated carbocycles. The standard InChI is InChI=1S/C4H6F3N3O2S/c5-4(6,7)3-10-13(11,12)9-2-1-8/h9-10H,2-3H2. The third kappa shape index (κ3) is 7.51. The molecular formula is C4H6F3N3O2S. The van der Waals surface area contributed by atoms with E-state index in [-0.39, 0.29) is 0 Å². The van der Waals surface area contributed by atoms with Crippen LogP contribution in [0.15, 0.2) is 0 Å². The maximum atomic E-state index is 11.5. The molecular weight excluding hydrogens is 211 g/mol. The van der Waals surface area contributed by atoms with Gasteiger partial charge in [0, 0.05) is 0 Å². The highest BCUT2D eigenvalue weighted by Crippen LogP contribution is 2.12. The zero-order chi connectivity index (χ0) is 10.5. The lowest BCUT2D eigenvalue weighted by Gasteiger charge is -2.07. The Bertz CT molecular complexity index is 291. The Labute approximate surface area is 72.7 Å². The van der Waals surface area contributed by atoms with Gasteiger partial charge < -0.3 is 0 Å². The summed E-state index contributed by atoms with van der Waals surface area (Å²) in [6.45, 7) is -2.24. The summed E-state index contributed by atoms with van der Waals surface area (Å²) in [5.74, 6) is 0. The molecule has 9 heteroatoms. The molecule has 0 amide bonds. The summed E-state index contributed by atoms with van der Waals surface area (Å²) >= 11 is 0. The summed E-state index contributed by atoms with van der Waals surface area (Å²) in [4.78, 5) is 0. The van der Waals surface area contributed by atoms with E-state index in [1.54, 1.807) is 4.72 Å². The van der Waals surface area contributed by atoms with Gasteiger partial charge in [0.25, 0.3) is 10.2 Å². The lowest BCUT2D eigenvalue weighted by Crippen LogP contribution is -2.41. The quantitative estimate of drug-likeness (QED) is 0.622. The smallest absolute Gasteiger partial charge is 0.197 e. The maximum Gasteiger partial charge on any atom is 0.402 e. The van der Waals surface area contributed by atoms with Gasteiger partial charge in [-0.15, -0.1) is 0 Å². The number of nitrogens with one attached hydrogen (secondary N) is 2. The molecule has 0 rings (SSSR count). The fourth-order valence-corrected chi connectivity index (χ4v) is 1.07. The van der Waals surface area contributed by atoms with Crippen molar-refractivity contribution >= 4 is 10.2 Å². The number of alkyl halides is 3. The van der Waals surface area contributed by atoms with E-state index in [1.807, 2.05) is 0 Å². The molecule has 76 valence electrons. The Morgan fingerprint density at radius 3 is 2.23 bits per heavy atom. The van der Waals surface area contributed by atoms with Crippen LogP contribution in [0, 0.1) is 11.3 Å². The Kier molecular flexibility index (Phi) is 4.12. The lowest BCUT2D eigenvalue weighted by atomic mass is 10.7. The number of nitriles is 1. The van der Waals surface area contributed by atoms with Crippen molar-refractivity contribution in [1.82, 2.24) is 9.44 Å². The first-order chi connectivity index (χ1) is 5.77.